The van der Waals surface area contributed by atoms with Gasteiger partial charge in [-0.15, -0.1) is 10.2 Å². The normalized spacial score (nSPS) is 10.8. The van der Waals surface area contributed by atoms with E-state index in [2.05, 4.69) is 52.7 Å². The molecule has 0 bridgehead atoms. The van der Waals surface area contributed by atoms with Crippen molar-refractivity contribution in [1.82, 2.24) is 10.2 Å². The molecule has 0 atom stereocenters. The van der Waals surface area contributed by atoms with Crippen molar-refractivity contribution in [2.45, 2.75) is 27.3 Å². The first-order valence-electron chi connectivity index (χ1n) is 8.09. The summed E-state index contributed by atoms with van der Waals surface area (Å²) in [6.45, 7) is 0. The molecular formula is C19H20N2OS3. The van der Waals surface area contributed by atoms with Gasteiger partial charge in [-0.05, 0) is 36.1 Å². The zero-order chi connectivity index (χ0) is 17.3. The van der Waals surface area contributed by atoms with Gasteiger partial charge in [0.1, 0.15) is 5.75 Å². The van der Waals surface area contributed by atoms with Crippen molar-refractivity contribution in [2.24, 2.45) is 0 Å². The van der Waals surface area contributed by atoms with Crippen LogP contribution < -0.4 is 4.74 Å². The summed E-state index contributed by atoms with van der Waals surface area (Å²) in [5, 5.41) is 8.58. The smallest absolute Gasteiger partial charge is 0.175 e. The largest absolute Gasteiger partial charge is 0.497 e. The van der Waals surface area contributed by atoms with E-state index in [1.165, 1.54) is 11.1 Å². The van der Waals surface area contributed by atoms with Crippen molar-refractivity contribution in [1.29, 1.82) is 0 Å². The standard InChI is InChI=1S/C19H20N2OS3/c1-22-17-11-9-16(10-12-17)14-24-19-21-20-18(25-19)23-13-5-8-15-6-3-2-4-7-15/h2-4,6-7,9-12H,5,8,13-14H2,1H3. The van der Waals surface area contributed by atoms with Crippen LogP contribution in [0.4, 0.5) is 0 Å². The SMILES string of the molecule is COc1ccc(CSc2nnc(SCCCc3ccccc3)s2)cc1. The Bertz CT molecular complexity index is 760. The van der Waals surface area contributed by atoms with Crippen LogP contribution in [0.15, 0.2) is 63.3 Å². The Morgan fingerprint density at radius 1 is 0.880 bits per heavy atom. The summed E-state index contributed by atoms with van der Waals surface area (Å²) < 4.78 is 7.27. The molecule has 3 aromatic rings. The molecule has 0 N–H and O–H groups in total. The lowest BCUT2D eigenvalue weighted by molar-refractivity contribution is 0.414. The summed E-state index contributed by atoms with van der Waals surface area (Å²) in [6.07, 6.45) is 2.27. The molecule has 25 heavy (non-hydrogen) atoms. The van der Waals surface area contributed by atoms with Gasteiger partial charge in [-0.25, -0.2) is 0 Å². The molecule has 3 rings (SSSR count). The third-order valence-corrected chi connectivity index (χ3v) is 6.93. The molecule has 0 unspecified atom stereocenters. The molecule has 0 aliphatic carbocycles. The van der Waals surface area contributed by atoms with Gasteiger partial charge in [-0.1, -0.05) is 77.3 Å². The van der Waals surface area contributed by atoms with Gasteiger partial charge in [0.2, 0.25) is 0 Å². The van der Waals surface area contributed by atoms with Crippen LogP contribution in [0.25, 0.3) is 0 Å². The van der Waals surface area contributed by atoms with Crippen molar-refractivity contribution >= 4 is 34.9 Å². The molecule has 0 fully saturated rings. The predicted octanol–water partition coefficient (Wildman–Crippen LogP) is 5.56. The topological polar surface area (TPSA) is 35.0 Å². The van der Waals surface area contributed by atoms with Crippen LogP contribution in [0.3, 0.4) is 0 Å². The highest BCUT2D eigenvalue weighted by molar-refractivity contribution is 8.02. The highest BCUT2D eigenvalue weighted by Crippen LogP contribution is 2.31. The van der Waals surface area contributed by atoms with Crippen LogP contribution in [0, 0.1) is 0 Å². The van der Waals surface area contributed by atoms with Crippen LogP contribution >= 0.6 is 34.9 Å². The molecule has 0 spiro atoms. The number of aryl methyl sites for hydroxylation is 1. The molecule has 1 heterocycles. The van der Waals surface area contributed by atoms with Gasteiger partial charge >= 0.3 is 0 Å². The lowest BCUT2D eigenvalue weighted by atomic mass is 10.1. The number of thioether (sulfide) groups is 2. The number of rotatable bonds is 9. The van der Waals surface area contributed by atoms with Crippen LogP contribution in [0.5, 0.6) is 5.75 Å². The van der Waals surface area contributed by atoms with Gasteiger partial charge < -0.3 is 4.74 Å². The van der Waals surface area contributed by atoms with E-state index in [0.717, 1.165) is 38.8 Å². The molecule has 0 aliphatic heterocycles. The average Bonchev–Trinajstić information content (AvgIpc) is 3.13. The van der Waals surface area contributed by atoms with E-state index in [1.807, 2.05) is 12.1 Å². The zero-order valence-corrected chi connectivity index (χ0v) is 16.5. The predicted molar refractivity (Wildman–Crippen MR) is 108 cm³/mol. The number of benzene rings is 2. The van der Waals surface area contributed by atoms with E-state index in [4.69, 9.17) is 4.74 Å². The summed E-state index contributed by atoms with van der Waals surface area (Å²) in [5.41, 5.74) is 2.66. The van der Waals surface area contributed by atoms with Crippen LogP contribution in [-0.4, -0.2) is 23.1 Å². The van der Waals surface area contributed by atoms with Crippen molar-refractivity contribution in [2.75, 3.05) is 12.9 Å². The second kappa shape index (κ2) is 9.85. The Hall–Kier alpha value is -1.50. The van der Waals surface area contributed by atoms with Crippen LogP contribution in [0.2, 0.25) is 0 Å². The van der Waals surface area contributed by atoms with E-state index in [0.29, 0.717) is 0 Å². The first kappa shape index (κ1) is 18.3. The van der Waals surface area contributed by atoms with Gasteiger partial charge in [0.25, 0.3) is 0 Å². The molecule has 130 valence electrons. The second-order valence-electron chi connectivity index (χ2n) is 5.41. The lowest BCUT2D eigenvalue weighted by Crippen LogP contribution is -1.87. The fraction of sp³-hybridized carbons (Fsp3) is 0.263. The molecule has 0 radical (unpaired) electrons. The fourth-order valence-electron chi connectivity index (χ4n) is 2.26. The van der Waals surface area contributed by atoms with Gasteiger partial charge in [0, 0.05) is 11.5 Å². The first-order chi connectivity index (χ1) is 12.3. The number of aromatic nitrogens is 2. The molecule has 0 aliphatic rings. The minimum atomic E-state index is 0.888. The Morgan fingerprint density at radius 2 is 1.60 bits per heavy atom. The number of hydrogen-bond donors (Lipinski definition) is 0. The minimum absolute atomic E-state index is 0.888. The molecule has 0 saturated carbocycles. The number of methoxy groups -OCH3 is 1. The highest BCUT2D eigenvalue weighted by atomic mass is 32.2. The first-order valence-corrected chi connectivity index (χ1v) is 10.9. The minimum Gasteiger partial charge on any atom is -0.497 e. The van der Waals surface area contributed by atoms with Gasteiger partial charge in [0.15, 0.2) is 8.68 Å². The van der Waals surface area contributed by atoms with Gasteiger partial charge in [0.05, 0.1) is 7.11 Å². The Kier molecular flexibility index (Phi) is 7.21. The lowest BCUT2D eigenvalue weighted by Gasteiger charge is -2.01. The third kappa shape index (κ3) is 6.06. The van der Waals surface area contributed by atoms with E-state index in [1.54, 1.807) is 42.0 Å². The second-order valence-corrected chi connectivity index (χ2v) is 8.95. The summed E-state index contributed by atoms with van der Waals surface area (Å²) >= 11 is 5.22. The zero-order valence-electron chi connectivity index (χ0n) is 14.1. The maximum absolute atomic E-state index is 5.18. The van der Waals surface area contributed by atoms with Crippen molar-refractivity contribution in [3.63, 3.8) is 0 Å². The molecule has 0 saturated heterocycles. The fourth-order valence-corrected chi connectivity index (χ4v) is 5.25. The Labute approximate surface area is 161 Å². The number of ether oxygens (including phenoxy) is 1. The number of nitrogens with zero attached hydrogens (tertiary/aromatic N) is 2. The van der Waals surface area contributed by atoms with Crippen LogP contribution in [-0.2, 0) is 12.2 Å². The van der Waals surface area contributed by atoms with E-state index >= 15 is 0 Å². The quantitative estimate of drug-likeness (QED) is 0.354. The monoisotopic (exact) mass is 388 g/mol. The Balaban J connectivity index is 1.39. The maximum atomic E-state index is 5.18. The third-order valence-electron chi connectivity index (χ3n) is 3.59. The summed E-state index contributed by atoms with van der Waals surface area (Å²) in [6, 6.07) is 18.8. The van der Waals surface area contributed by atoms with E-state index in [-0.39, 0.29) is 0 Å². The molecule has 1 aromatic heterocycles. The van der Waals surface area contributed by atoms with Crippen molar-refractivity contribution in [3.05, 3.63) is 65.7 Å². The van der Waals surface area contributed by atoms with E-state index in [9.17, 15) is 0 Å². The van der Waals surface area contributed by atoms with Crippen molar-refractivity contribution < 1.29 is 4.74 Å². The molecule has 6 heteroatoms. The molecule has 3 nitrogen and oxygen atoms in total. The molecular weight excluding hydrogens is 368 g/mol. The summed E-state index contributed by atoms with van der Waals surface area (Å²) in [7, 11) is 1.68. The molecule has 2 aromatic carbocycles. The molecule has 0 amide bonds. The van der Waals surface area contributed by atoms with Gasteiger partial charge in [-0.2, -0.15) is 0 Å². The number of hydrogen-bond acceptors (Lipinski definition) is 6. The Morgan fingerprint density at radius 3 is 2.32 bits per heavy atom. The van der Waals surface area contributed by atoms with Gasteiger partial charge in [-0.3, -0.25) is 0 Å². The highest BCUT2D eigenvalue weighted by Gasteiger charge is 2.06. The summed E-state index contributed by atoms with van der Waals surface area (Å²) in [4.78, 5) is 0. The van der Waals surface area contributed by atoms with E-state index < -0.39 is 0 Å². The maximum Gasteiger partial charge on any atom is 0.175 e. The van der Waals surface area contributed by atoms with Crippen molar-refractivity contribution in [3.8, 4) is 5.75 Å². The average molecular weight is 389 g/mol. The van der Waals surface area contributed by atoms with Crippen LogP contribution in [0.1, 0.15) is 17.5 Å². The summed E-state index contributed by atoms with van der Waals surface area (Å²) in [5.74, 6) is 2.86.